The smallest absolute Gasteiger partial charge is 0.411 e. The van der Waals surface area contributed by atoms with Gasteiger partial charge in [0.2, 0.25) is 5.91 Å². The molecule has 0 unspecified atom stereocenters. The molecule has 9 heteroatoms. The molecule has 5 atom stereocenters. The van der Waals surface area contributed by atoms with Gasteiger partial charge in [0.15, 0.2) is 0 Å². The number of ether oxygens (including phenoxy) is 2. The Hall–Kier alpha value is -2.34. The van der Waals surface area contributed by atoms with Crippen LogP contribution in [-0.4, -0.2) is 76.2 Å². The zero-order valence-electron chi connectivity index (χ0n) is 16.6. The molecule has 154 valence electrons. The highest BCUT2D eigenvalue weighted by Gasteiger charge is 2.58. The van der Waals surface area contributed by atoms with Crippen LogP contribution in [0, 0.1) is 17.2 Å². The number of oxime groups is 1. The topological polar surface area (TPSA) is 115 Å². The first-order valence-electron chi connectivity index (χ1n) is 9.75. The number of nitriles is 1. The van der Waals surface area contributed by atoms with Crippen molar-refractivity contribution in [2.24, 2.45) is 11.1 Å². The lowest BCUT2D eigenvalue weighted by Crippen LogP contribution is -2.58. The van der Waals surface area contributed by atoms with Crippen molar-refractivity contribution in [3.63, 3.8) is 0 Å². The van der Waals surface area contributed by atoms with Crippen LogP contribution in [0.15, 0.2) is 5.16 Å². The summed E-state index contributed by atoms with van der Waals surface area (Å²) >= 11 is 0. The zero-order chi connectivity index (χ0) is 20.5. The van der Waals surface area contributed by atoms with E-state index in [4.69, 9.17) is 14.7 Å². The Morgan fingerprint density at radius 1 is 1.36 bits per heavy atom. The van der Waals surface area contributed by atoms with E-state index in [2.05, 4.69) is 11.2 Å². The van der Waals surface area contributed by atoms with Gasteiger partial charge in [0.1, 0.15) is 17.7 Å². The Bertz CT molecular complexity index is 683. The lowest BCUT2D eigenvalue weighted by atomic mass is 9.96. The highest BCUT2D eigenvalue weighted by Crippen LogP contribution is 2.45. The van der Waals surface area contributed by atoms with Gasteiger partial charge in [0, 0.05) is 6.54 Å². The van der Waals surface area contributed by atoms with E-state index < -0.39 is 23.8 Å². The number of rotatable bonds is 4. The van der Waals surface area contributed by atoms with Crippen LogP contribution in [0.4, 0.5) is 4.79 Å². The monoisotopic (exact) mass is 392 g/mol. The Morgan fingerprint density at radius 3 is 2.75 bits per heavy atom. The Morgan fingerprint density at radius 2 is 2.11 bits per heavy atom. The zero-order valence-corrected chi connectivity index (χ0v) is 16.6. The number of hydrogen-bond donors (Lipinski definition) is 1. The second-order valence-electron chi connectivity index (χ2n) is 8.62. The van der Waals surface area contributed by atoms with Crippen LogP contribution in [0.25, 0.3) is 0 Å². The summed E-state index contributed by atoms with van der Waals surface area (Å²) < 4.78 is 11.3. The van der Waals surface area contributed by atoms with Gasteiger partial charge in [-0.2, -0.15) is 5.26 Å². The number of carbonyl (C=O) groups is 2. The minimum absolute atomic E-state index is 0.0407. The van der Waals surface area contributed by atoms with Crippen molar-refractivity contribution in [2.75, 3.05) is 13.2 Å². The van der Waals surface area contributed by atoms with E-state index in [1.807, 2.05) is 0 Å². The molecule has 0 aromatic carbocycles. The summed E-state index contributed by atoms with van der Waals surface area (Å²) in [5.74, 6) is -0.209. The summed E-state index contributed by atoms with van der Waals surface area (Å²) in [6.07, 6.45) is 3.23. The molecular weight excluding hydrogens is 364 g/mol. The van der Waals surface area contributed by atoms with Crippen molar-refractivity contribution in [3.05, 3.63) is 0 Å². The second-order valence-corrected chi connectivity index (χ2v) is 8.62. The normalized spacial score (nSPS) is 32.1. The van der Waals surface area contributed by atoms with Gasteiger partial charge in [0.25, 0.3) is 0 Å². The third-order valence-electron chi connectivity index (χ3n) is 5.62. The lowest BCUT2D eigenvalue weighted by Gasteiger charge is -2.40. The highest BCUT2D eigenvalue weighted by atomic mass is 16.6. The van der Waals surface area contributed by atoms with Crippen molar-refractivity contribution in [1.29, 1.82) is 5.26 Å². The maximum atomic E-state index is 13.3. The minimum atomic E-state index is -0.685. The average molecular weight is 392 g/mol. The van der Waals surface area contributed by atoms with E-state index in [0.29, 0.717) is 25.8 Å². The lowest BCUT2D eigenvalue weighted by molar-refractivity contribution is -0.140. The fourth-order valence-corrected chi connectivity index (χ4v) is 4.60. The fraction of sp³-hybridized carbons (Fsp3) is 0.789. The summed E-state index contributed by atoms with van der Waals surface area (Å²) in [6.45, 7) is 6.03. The molecular formula is C19H28N4O5. The first kappa shape index (κ1) is 20.4. The van der Waals surface area contributed by atoms with Crippen molar-refractivity contribution in [2.45, 2.75) is 76.3 Å². The predicted octanol–water partition coefficient (Wildman–Crippen LogP) is 1.74. The standard InChI is InChI=1S/C19H28N4O5/c1-19(2,3)28-18(25)23-14-9-12(10-15(14)27-8-6-21-26)16(23)17(24)22-7-4-5-13(22)11-20/h6,12-16,26H,4-5,7-10H2,1-3H3/b21-6-/t12-,13-,14+,15+,16-/m0/s1. The number of hydrogen-bond acceptors (Lipinski definition) is 7. The molecule has 9 nitrogen and oxygen atoms in total. The maximum absolute atomic E-state index is 13.3. The Balaban J connectivity index is 1.81. The quantitative estimate of drug-likeness (QED) is 0.443. The first-order valence-corrected chi connectivity index (χ1v) is 9.75. The summed E-state index contributed by atoms with van der Waals surface area (Å²) in [4.78, 5) is 29.4. The number of carbonyl (C=O) groups excluding carboxylic acids is 2. The largest absolute Gasteiger partial charge is 0.444 e. The van der Waals surface area contributed by atoms with Crippen LogP contribution in [0.3, 0.4) is 0 Å². The third kappa shape index (κ3) is 3.92. The number of amides is 2. The van der Waals surface area contributed by atoms with E-state index in [0.717, 1.165) is 6.42 Å². The summed E-state index contributed by atoms with van der Waals surface area (Å²) in [6, 6.07) is 0.866. The molecule has 3 rings (SSSR count). The van der Waals surface area contributed by atoms with Crippen molar-refractivity contribution < 1.29 is 24.3 Å². The molecule has 2 saturated heterocycles. The van der Waals surface area contributed by atoms with Crippen LogP contribution < -0.4 is 0 Å². The number of likely N-dealkylation sites (tertiary alicyclic amines) is 2. The molecule has 0 spiro atoms. The summed E-state index contributed by atoms with van der Waals surface area (Å²) in [5, 5.41) is 20.8. The van der Waals surface area contributed by atoms with E-state index in [1.165, 1.54) is 11.1 Å². The predicted molar refractivity (Wildman–Crippen MR) is 98.7 cm³/mol. The molecule has 1 saturated carbocycles. The van der Waals surface area contributed by atoms with Crippen molar-refractivity contribution in [1.82, 2.24) is 9.80 Å². The van der Waals surface area contributed by atoms with Crippen molar-refractivity contribution in [3.8, 4) is 6.07 Å². The van der Waals surface area contributed by atoms with E-state index in [-0.39, 0.29) is 30.6 Å². The molecule has 2 bridgehead atoms. The van der Waals surface area contributed by atoms with Crippen LogP contribution in [0.2, 0.25) is 0 Å². The minimum Gasteiger partial charge on any atom is -0.444 e. The number of nitrogens with zero attached hydrogens (tertiary/aromatic N) is 4. The molecule has 2 heterocycles. The number of fused-ring (bicyclic) bond motifs is 2. The fourth-order valence-electron chi connectivity index (χ4n) is 4.60. The molecule has 1 N–H and O–H groups in total. The third-order valence-corrected chi connectivity index (χ3v) is 5.62. The van der Waals surface area contributed by atoms with Crippen LogP contribution >= 0.6 is 0 Å². The Labute approximate surface area is 164 Å². The molecule has 0 aromatic heterocycles. The molecule has 3 fully saturated rings. The summed E-state index contributed by atoms with van der Waals surface area (Å²) in [5.41, 5.74) is -0.685. The van der Waals surface area contributed by atoms with Gasteiger partial charge in [-0.1, -0.05) is 5.16 Å². The van der Waals surface area contributed by atoms with Gasteiger partial charge in [0.05, 0.1) is 31.0 Å². The van der Waals surface area contributed by atoms with Crippen molar-refractivity contribution >= 4 is 18.2 Å². The van der Waals surface area contributed by atoms with E-state index >= 15 is 0 Å². The maximum Gasteiger partial charge on any atom is 0.411 e. The molecule has 2 amide bonds. The van der Waals surface area contributed by atoms with Gasteiger partial charge < -0.3 is 19.6 Å². The molecule has 2 aliphatic heterocycles. The Kier molecular flexibility index (Phi) is 5.79. The molecule has 0 radical (unpaired) electrons. The molecule has 28 heavy (non-hydrogen) atoms. The van der Waals surface area contributed by atoms with E-state index in [9.17, 15) is 14.9 Å². The molecule has 1 aliphatic carbocycles. The van der Waals surface area contributed by atoms with Crippen LogP contribution in [0.1, 0.15) is 46.5 Å². The van der Waals surface area contributed by atoms with Gasteiger partial charge in [-0.25, -0.2) is 4.79 Å². The van der Waals surface area contributed by atoms with Gasteiger partial charge in [-0.05, 0) is 52.4 Å². The van der Waals surface area contributed by atoms with Gasteiger partial charge in [-0.15, -0.1) is 0 Å². The van der Waals surface area contributed by atoms with Crippen LogP contribution in [0.5, 0.6) is 0 Å². The van der Waals surface area contributed by atoms with Gasteiger partial charge in [-0.3, -0.25) is 9.69 Å². The highest BCUT2D eigenvalue weighted by molar-refractivity contribution is 5.88. The van der Waals surface area contributed by atoms with Gasteiger partial charge >= 0.3 is 6.09 Å². The SMILES string of the molecule is CC(C)(C)OC(=O)N1[C@@H]2C[C@@H](C[C@H]2OC/C=N\O)[C@H]1C(=O)N1CCC[C@H]1C#N. The molecule has 3 aliphatic rings. The molecule has 0 aromatic rings. The van der Waals surface area contributed by atoms with Crippen LogP contribution in [-0.2, 0) is 14.3 Å². The average Bonchev–Trinajstić information content (AvgIpc) is 3.33. The first-order chi connectivity index (χ1) is 13.3. The van der Waals surface area contributed by atoms with E-state index in [1.54, 1.807) is 25.7 Å². The summed E-state index contributed by atoms with van der Waals surface area (Å²) in [7, 11) is 0. The second kappa shape index (κ2) is 7.95. The number of piperidine rings is 1.